The Hall–Kier alpha value is -2.21. The van der Waals surface area contributed by atoms with Gasteiger partial charge < -0.3 is 9.88 Å². The second-order valence-corrected chi connectivity index (χ2v) is 9.66. The lowest BCUT2D eigenvalue weighted by atomic mass is 10.3. The van der Waals surface area contributed by atoms with E-state index in [1.807, 2.05) is 29.0 Å². The largest absolute Gasteiger partial charge is 0.325 e. The molecule has 0 spiro atoms. The number of benzene rings is 1. The van der Waals surface area contributed by atoms with Gasteiger partial charge in [-0.25, -0.2) is 13.6 Å². The Bertz CT molecular complexity index is 1060. The molecule has 0 unspecified atom stereocenters. The molecule has 0 saturated heterocycles. The number of nitrogens with zero attached hydrogens (tertiary/aromatic N) is 3. The molecule has 148 valence electrons. The average Bonchev–Trinajstić information content (AvgIpc) is 3.30. The van der Waals surface area contributed by atoms with E-state index >= 15 is 0 Å². The van der Waals surface area contributed by atoms with Crippen LogP contribution < -0.4 is 10.5 Å². The molecular weight excluding hydrogens is 418 g/mol. The van der Waals surface area contributed by atoms with Crippen LogP contribution in [0.3, 0.4) is 0 Å². The molecule has 0 aliphatic heterocycles. The van der Waals surface area contributed by atoms with E-state index in [1.54, 1.807) is 18.3 Å². The van der Waals surface area contributed by atoms with Gasteiger partial charge in [-0.2, -0.15) is 0 Å². The summed E-state index contributed by atoms with van der Waals surface area (Å²) in [5.41, 5.74) is 0.487. The molecule has 3 aromatic rings. The molecule has 0 aliphatic carbocycles. The maximum atomic E-state index is 12.5. The number of aromatic nitrogens is 3. The number of thiophene rings is 1. The van der Waals surface area contributed by atoms with Crippen molar-refractivity contribution in [2.24, 2.45) is 5.14 Å². The highest BCUT2D eigenvalue weighted by Crippen LogP contribution is 2.29. The fraction of sp³-hybridized carbons (Fsp3) is 0.235. The summed E-state index contributed by atoms with van der Waals surface area (Å²) in [6.45, 7) is 4.46. The second-order valence-electron chi connectivity index (χ2n) is 5.85. The summed E-state index contributed by atoms with van der Waals surface area (Å²) in [5, 5.41) is 18.5. The molecule has 3 N–H and O–H groups in total. The molecule has 2 heterocycles. The molecule has 0 aliphatic rings. The summed E-state index contributed by atoms with van der Waals surface area (Å²) in [6, 6.07) is 9.64. The van der Waals surface area contributed by atoms with Crippen molar-refractivity contribution in [2.75, 3.05) is 5.32 Å². The second kappa shape index (κ2) is 8.43. The first-order chi connectivity index (χ1) is 13.3. The molecule has 0 radical (unpaired) electrons. The Morgan fingerprint density at radius 3 is 2.57 bits per heavy atom. The maximum Gasteiger partial charge on any atom is 0.238 e. The van der Waals surface area contributed by atoms with Gasteiger partial charge in [0.15, 0.2) is 11.0 Å². The Labute approximate surface area is 171 Å². The summed E-state index contributed by atoms with van der Waals surface area (Å²) in [4.78, 5) is 13.5. The van der Waals surface area contributed by atoms with Gasteiger partial charge >= 0.3 is 0 Å². The van der Waals surface area contributed by atoms with Gasteiger partial charge in [0.2, 0.25) is 15.9 Å². The van der Waals surface area contributed by atoms with Crippen molar-refractivity contribution in [1.82, 2.24) is 14.8 Å². The van der Waals surface area contributed by atoms with Crippen LogP contribution >= 0.6 is 23.1 Å². The van der Waals surface area contributed by atoms with Crippen LogP contribution in [0.2, 0.25) is 0 Å². The fourth-order valence-electron chi connectivity index (χ4n) is 2.43. The van der Waals surface area contributed by atoms with Crippen LogP contribution in [-0.4, -0.2) is 34.3 Å². The van der Waals surface area contributed by atoms with E-state index in [1.165, 1.54) is 36.0 Å². The highest BCUT2D eigenvalue weighted by molar-refractivity contribution is 8.00. The standard InChI is InChI=1S/C17H19N5O3S3/c1-3-22-15(14-5-4-10-26-14)20-21-17(22)27-11(2)16(23)19-12-6-8-13(9-7-12)28(18,24)25/h4-11H,3H2,1-2H3,(H,19,23)(H2,18,24,25)/t11-/m1/s1. The van der Waals surface area contributed by atoms with Crippen molar-refractivity contribution < 1.29 is 13.2 Å². The van der Waals surface area contributed by atoms with Gasteiger partial charge in [-0.05, 0) is 49.6 Å². The summed E-state index contributed by atoms with van der Waals surface area (Å²) in [6.07, 6.45) is 0. The van der Waals surface area contributed by atoms with Crippen LogP contribution in [0.15, 0.2) is 51.8 Å². The zero-order valence-electron chi connectivity index (χ0n) is 15.2. The van der Waals surface area contributed by atoms with E-state index in [2.05, 4.69) is 15.5 Å². The molecule has 2 aromatic heterocycles. The normalized spacial score (nSPS) is 12.7. The molecule has 0 saturated carbocycles. The first-order valence-corrected chi connectivity index (χ1v) is 11.7. The third kappa shape index (κ3) is 4.61. The van der Waals surface area contributed by atoms with Crippen molar-refractivity contribution >= 4 is 44.7 Å². The molecule has 8 nitrogen and oxygen atoms in total. The van der Waals surface area contributed by atoms with Crippen LogP contribution in [0.5, 0.6) is 0 Å². The Balaban J connectivity index is 1.69. The Morgan fingerprint density at radius 2 is 2.00 bits per heavy atom. The lowest BCUT2D eigenvalue weighted by Gasteiger charge is -2.12. The third-order valence-electron chi connectivity index (χ3n) is 3.88. The number of thioether (sulfide) groups is 1. The minimum absolute atomic E-state index is 0.00919. The number of carbonyl (C=O) groups excluding carboxylic acids is 1. The molecule has 1 atom stereocenters. The summed E-state index contributed by atoms with van der Waals surface area (Å²) in [5.74, 6) is 0.558. The minimum atomic E-state index is -3.76. The number of hydrogen-bond acceptors (Lipinski definition) is 7. The van der Waals surface area contributed by atoms with Crippen molar-refractivity contribution in [3.63, 3.8) is 0 Å². The lowest BCUT2D eigenvalue weighted by molar-refractivity contribution is -0.115. The predicted octanol–water partition coefficient (Wildman–Crippen LogP) is 2.79. The number of nitrogens with two attached hydrogens (primary N) is 1. The van der Waals surface area contributed by atoms with E-state index in [-0.39, 0.29) is 10.8 Å². The summed E-state index contributed by atoms with van der Waals surface area (Å²) < 4.78 is 24.6. The zero-order valence-corrected chi connectivity index (χ0v) is 17.6. The van der Waals surface area contributed by atoms with Gasteiger partial charge in [0, 0.05) is 12.2 Å². The lowest BCUT2D eigenvalue weighted by Crippen LogP contribution is -2.23. The van der Waals surface area contributed by atoms with Crippen LogP contribution in [0, 0.1) is 0 Å². The number of sulfonamides is 1. The van der Waals surface area contributed by atoms with Gasteiger partial charge in [0.1, 0.15) is 0 Å². The van der Waals surface area contributed by atoms with Crippen LogP contribution in [0.1, 0.15) is 13.8 Å². The Kier molecular flexibility index (Phi) is 6.18. The smallest absolute Gasteiger partial charge is 0.238 e. The molecule has 11 heteroatoms. The van der Waals surface area contributed by atoms with Gasteiger partial charge in [-0.3, -0.25) is 4.79 Å². The monoisotopic (exact) mass is 437 g/mol. The third-order valence-corrected chi connectivity index (χ3v) is 6.75. The van der Waals surface area contributed by atoms with E-state index in [9.17, 15) is 13.2 Å². The molecule has 0 bridgehead atoms. The molecule has 1 amide bonds. The number of amides is 1. The number of hydrogen-bond donors (Lipinski definition) is 2. The van der Waals surface area contributed by atoms with Crippen molar-refractivity contribution in [1.29, 1.82) is 0 Å². The summed E-state index contributed by atoms with van der Waals surface area (Å²) in [7, 11) is -3.76. The number of rotatable bonds is 7. The number of anilines is 1. The van der Waals surface area contributed by atoms with Crippen molar-refractivity contribution in [2.45, 2.75) is 35.7 Å². The van der Waals surface area contributed by atoms with Crippen molar-refractivity contribution in [3.8, 4) is 10.7 Å². The first-order valence-electron chi connectivity index (χ1n) is 8.37. The van der Waals surface area contributed by atoms with E-state index in [0.717, 1.165) is 10.7 Å². The van der Waals surface area contributed by atoms with Gasteiger partial charge in [-0.15, -0.1) is 21.5 Å². The highest BCUT2D eigenvalue weighted by Gasteiger charge is 2.21. The van der Waals surface area contributed by atoms with Crippen LogP contribution in [0.4, 0.5) is 5.69 Å². The molecule has 1 aromatic carbocycles. The molecule has 28 heavy (non-hydrogen) atoms. The number of carbonyl (C=O) groups is 1. The van der Waals surface area contributed by atoms with Crippen molar-refractivity contribution in [3.05, 3.63) is 41.8 Å². The molecule has 3 rings (SSSR count). The first kappa shape index (κ1) is 20.5. The van der Waals surface area contributed by atoms with Crippen LogP contribution in [0.25, 0.3) is 10.7 Å². The molecular formula is C17H19N5O3S3. The van der Waals surface area contributed by atoms with E-state index in [0.29, 0.717) is 17.4 Å². The average molecular weight is 438 g/mol. The maximum absolute atomic E-state index is 12.5. The number of nitrogens with one attached hydrogen (secondary N) is 1. The van der Waals surface area contributed by atoms with E-state index < -0.39 is 15.3 Å². The quantitative estimate of drug-likeness (QED) is 0.549. The topological polar surface area (TPSA) is 120 Å². The highest BCUT2D eigenvalue weighted by atomic mass is 32.2. The fourth-order valence-corrected chi connectivity index (χ4v) is 4.58. The van der Waals surface area contributed by atoms with Crippen LogP contribution in [-0.2, 0) is 21.4 Å². The minimum Gasteiger partial charge on any atom is -0.325 e. The van der Waals surface area contributed by atoms with Gasteiger partial charge in [0.25, 0.3) is 0 Å². The summed E-state index contributed by atoms with van der Waals surface area (Å²) >= 11 is 2.90. The molecule has 0 fully saturated rings. The SMILES string of the molecule is CCn1c(S[C@H](C)C(=O)Nc2ccc(S(N)(=O)=O)cc2)nnc1-c1cccs1. The predicted molar refractivity (Wildman–Crippen MR) is 111 cm³/mol. The van der Waals surface area contributed by atoms with Gasteiger partial charge in [0.05, 0.1) is 15.0 Å². The van der Waals surface area contributed by atoms with Gasteiger partial charge in [-0.1, -0.05) is 17.8 Å². The Morgan fingerprint density at radius 1 is 1.29 bits per heavy atom. The number of primary sulfonamides is 1. The van der Waals surface area contributed by atoms with E-state index in [4.69, 9.17) is 5.14 Å². The zero-order chi connectivity index (χ0) is 20.3.